The van der Waals surface area contributed by atoms with Crippen LogP contribution >= 0.6 is 47.8 Å². The summed E-state index contributed by atoms with van der Waals surface area (Å²) >= 11 is 10.2. The first-order valence-corrected chi connectivity index (χ1v) is 15.6. The van der Waals surface area contributed by atoms with Crippen LogP contribution in [-0.4, -0.2) is 58.1 Å². The summed E-state index contributed by atoms with van der Waals surface area (Å²) in [6, 6.07) is 1.62. The lowest BCUT2D eigenvalue weighted by atomic mass is 9.59. The van der Waals surface area contributed by atoms with Crippen LogP contribution in [0.5, 0.6) is 11.5 Å². The predicted molar refractivity (Wildman–Crippen MR) is 157 cm³/mol. The molecule has 0 saturated carbocycles. The maximum atomic E-state index is 13.8. The van der Waals surface area contributed by atoms with Crippen LogP contribution in [-0.2, 0) is 24.0 Å². The number of nitrogens with zero attached hydrogens (tertiary/aromatic N) is 1. The molecule has 1 aromatic rings. The highest BCUT2D eigenvalue weighted by Gasteiger charge is 2.56. The van der Waals surface area contributed by atoms with E-state index in [2.05, 4.69) is 47.8 Å². The van der Waals surface area contributed by atoms with Crippen molar-refractivity contribution in [2.24, 2.45) is 17.8 Å². The van der Waals surface area contributed by atoms with E-state index in [-0.39, 0.29) is 58.7 Å². The molecule has 1 saturated heterocycles. The second-order valence-corrected chi connectivity index (χ2v) is 13.0. The number of carboxylic acid groups (broad SMARTS) is 1. The second kappa shape index (κ2) is 11.6. The molecule has 0 bridgehead atoms. The number of phenols is 1. The summed E-state index contributed by atoms with van der Waals surface area (Å²) in [5.74, 6) is -4.54. The molecule has 0 radical (unpaired) electrons. The number of allylic oxidation sites excluding steroid dienone is 6. The topological polar surface area (TPSA) is 138 Å². The fourth-order valence-electron chi connectivity index (χ4n) is 6.55. The molecule has 1 heterocycles. The summed E-state index contributed by atoms with van der Waals surface area (Å²) in [6.07, 6.45) is 5.22. The molecule has 2 N–H and O–H groups in total. The van der Waals surface area contributed by atoms with Gasteiger partial charge in [0.25, 0.3) is 0 Å². The van der Waals surface area contributed by atoms with Crippen LogP contribution < -0.4 is 4.74 Å². The third-order valence-corrected chi connectivity index (χ3v) is 11.1. The highest BCUT2D eigenvalue weighted by molar-refractivity contribution is 9.13. The molecule has 12 heteroatoms. The lowest BCUT2D eigenvalue weighted by Gasteiger charge is -2.42. The normalized spacial score (nSPS) is 25.5. The lowest BCUT2D eigenvalue weighted by Crippen LogP contribution is -2.39. The fraction of sp³-hybridized carbons (Fsp3) is 0.414. The van der Waals surface area contributed by atoms with Gasteiger partial charge in [-0.2, -0.15) is 0 Å². The Morgan fingerprint density at radius 3 is 2.46 bits per heavy atom. The van der Waals surface area contributed by atoms with E-state index in [1.54, 1.807) is 6.07 Å². The zero-order valence-electron chi connectivity index (χ0n) is 21.9. The largest absolute Gasteiger partial charge is 0.503 e. The number of benzene rings is 1. The van der Waals surface area contributed by atoms with E-state index in [1.807, 2.05) is 6.08 Å². The molecule has 2 amide bonds. The van der Waals surface area contributed by atoms with E-state index >= 15 is 0 Å². The summed E-state index contributed by atoms with van der Waals surface area (Å²) < 4.78 is 6.32. The first kappa shape index (κ1) is 29.9. The first-order chi connectivity index (χ1) is 19.5. The van der Waals surface area contributed by atoms with E-state index in [0.717, 1.165) is 5.57 Å². The number of ketones is 2. The van der Waals surface area contributed by atoms with Crippen LogP contribution in [0.3, 0.4) is 0 Å². The maximum Gasteiger partial charge on any atom is 0.303 e. The number of carbonyl (C=O) groups is 5. The van der Waals surface area contributed by atoms with Crippen molar-refractivity contribution in [3.05, 3.63) is 53.9 Å². The van der Waals surface area contributed by atoms with E-state index in [0.29, 0.717) is 51.3 Å². The second-order valence-electron chi connectivity index (χ2n) is 10.6. The molecule has 1 aliphatic heterocycles. The van der Waals surface area contributed by atoms with Crippen molar-refractivity contribution in [2.75, 3.05) is 13.7 Å². The number of carbonyl (C=O) groups excluding carboxylic acids is 4. The molecule has 4 atom stereocenters. The van der Waals surface area contributed by atoms with E-state index in [9.17, 15) is 29.1 Å². The minimum Gasteiger partial charge on any atom is -0.503 e. The van der Waals surface area contributed by atoms with Crippen molar-refractivity contribution >= 4 is 77.1 Å². The van der Waals surface area contributed by atoms with Gasteiger partial charge in [-0.15, -0.1) is 0 Å². The molecule has 4 aliphatic rings. The number of aromatic hydroxyl groups is 1. The van der Waals surface area contributed by atoms with Crippen molar-refractivity contribution in [3.63, 3.8) is 0 Å². The number of hydrogen-bond acceptors (Lipinski definition) is 7. The van der Waals surface area contributed by atoms with Gasteiger partial charge in [-0.05, 0) is 91.0 Å². The third kappa shape index (κ3) is 5.05. The number of likely N-dealkylation sites (tertiary alicyclic amines) is 1. The number of methoxy groups -OCH3 is 1. The summed E-state index contributed by atoms with van der Waals surface area (Å²) in [6.45, 7) is 0.211. The number of amides is 2. The van der Waals surface area contributed by atoms with Gasteiger partial charge in [0.05, 0.1) is 27.9 Å². The molecular weight excluding hydrogens is 730 g/mol. The molecule has 5 rings (SSSR count). The Morgan fingerprint density at radius 2 is 1.78 bits per heavy atom. The van der Waals surface area contributed by atoms with Crippen molar-refractivity contribution in [3.8, 4) is 11.5 Å². The molecule has 3 aliphatic carbocycles. The molecular formula is C29H26Br3NO8. The van der Waals surface area contributed by atoms with Crippen LogP contribution in [0, 0.1) is 17.8 Å². The molecule has 1 aromatic carbocycles. The van der Waals surface area contributed by atoms with E-state index in [4.69, 9.17) is 9.84 Å². The van der Waals surface area contributed by atoms with Gasteiger partial charge < -0.3 is 14.9 Å². The minimum atomic E-state index is -0.884. The van der Waals surface area contributed by atoms with E-state index in [1.165, 1.54) is 18.1 Å². The Hall–Kier alpha value is -2.57. The average molecular weight is 756 g/mol. The quantitative estimate of drug-likeness (QED) is 0.157. The zero-order chi connectivity index (χ0) is 29.7. The highest BCUT2D eigenvalue weighted by atomic mass is 79.9. The van der Waals surface area contributed by atoms with Gasteiger partial charge in [0.1, 0.15) is 0 Å². The third-order valence-electron chi connectivity index (χ3n) is 8.40. The molecule has 1 fully saturated rings. The zero-order valence-corrected chi connectivity index (χ0v) is 26.7. The van der Waals surface area contributed by atoms with Gasteiger partial charge in [-0.1, -0.05) is 18.1 Å². The van der Waals surface area contributed by atoms with Gasteiger partial charge in [0.2, 0.25) is 11.8 Å². The van der Waals surface area contributed by atoms with Crippen LogP contribution in [0.4, 0.5) is 0 Å². The van der Waals surface area contributed by atoms with E-state index < -0.39 is 29.6 Å². The summed E-state index contributed by atoms with van der Waals surface area (Å²) in [4.78, 5) is 66.1. The Labute approximate surface area is 261 Å². The number of aliphatic carboxylic acids is 1. The Morgan fingerprint density at radius 1 is 1.05 bits per heavy atom. The summed E-state index contributed by atoms with van der Waals surface area (Å²) in [5.41, 5.74) is 1.97. The number of Topliss-reactive ketones (excluding diaryl/α,β-unsaturated/α-hetero) is 1. The molecule has 0 aromatic heterocycles. The number of carboxylic acids is 1. The molecule has 9 nitrogen and oxygen atoms in total. The monoisotopic (exact) mass is 753 g/mol. The SMILES string of the molecule is COc1cc([C@H]2C3=CC[C@@H]4C(=O)N(CCCCCC(=O)O)C(=O)[C@@H]4[C@@H]3CC3=C2C(=O)C=C(Br)C3=O)c(Br)c(Br)c1O. The molecule has 41 heavy (non-hydrogen) atoms. The average Bonchev–Trinajstić information content (AvgIpc) is 3.18. The van der Waals surface area contributed by atoms with Crippen LogP contribution in [0.15, 0.2) is 48.4 Å². The van der Waals surface area contributed by atoms with Crippen molar-refractivity contribution in [1.82, 2.24) is 4.90 Å². The molecule has 216 valence electrons. The number of hydrogen-bond donors (Lipinski definition) is 2. The van der Waals surface area contributed by atoms with Gasteiger partial charge >= 0.3 is 5.97 Å². The Kier molecular flexibility index (Phi) is 8.46. The smallest absolute Gasteiger partial charge is 0.303 e. The van der Waals surface area contributed by atoms with Crippen molar-refractivity contribution in [1.29, 1.82) is 0 Å². The minimum absolute atomic E-state index is 0.0335. The van der Waals surface area contributed by atoms with Gasteiger partial charge in [-0.25, -0.2) is 0 Å². The number of rotatable bonds is 8. The standard InChI is InChI=1S/C29H26Br3NO8/c1-41-19-10-15(24(31)25(32)27(19)38)21-12-6-7-13-22(14(12)9-16-23(21)18(34)11-17(30)26(16)37)29(40)33(28(13)39)8-4-2-3-5-20(35)36/h6,10-11,13-14,21-22,38H,2-5,7-9H2,1H3,(H,35,36)/t13-,14+,21+,22-/m0/s1. The highest BCUT2D eigenvalue weighted by Crippen LogP contribution is 2.57. The summed E-state index contributed by atoms with van der Waals surface area (Å²) in [5, 5.41) is 19.4. The van der Waals surface area contributed by atoms with Crippen LogP contribution in [0.1, 0.15) is 50.0 Å². The van der Waals surface area contributed by atoms with Gasteiger partial charge in [-0.3, -0.25) is 28.9 Å². The van der Waals surface area contributed by atoms with Crippen LogP contribution in [0.2, 0.25) is 0 Å². The number of imide groups is 1. The fourth-order valence-corrected chi connectivity index (χ4v) is 7.95. The number of phenolic OH excluding ortho intramolecular Hbond substituents is 1. The number of unbranched alkanes of at least 4 members (excludes halogenated alkanes) is 2. The van der Waals surface area contributed by atoms with Crippen molar-refractivity contribution < 1.29 is 38.9 Å². The van der Waals surface area contributed by atoms with Crippen molar-refractivity contribution in [2.45, 2.75) is 44.4 Å². The Bertz CT molecular complexity index is 1490. The molecule has 0 spiro atoms. The Balaban J connectivity index is 1.56. The number of ether oxygens (including phenoxy) is 1. The van der Waals surface area contributed by atoms with Gasteiger partial charge in [0, 0.05) is 40.6 Å². The summed E-state index contributed by atoms with van der Waals surface area (Å²) in [7, 11) is 1.41. The lowest BCUT2D eigenvalue weighted by molar-refractivity contribution is -0.141. The first-order valence-electron chi connectivity index (χ1n) is 13.2. The van der Waals surface area contributed by atoms with Gasteiger partial charge in [0.15, 0.2) is 23.1 Å². The maximum absolute atomic E-state index is 13.8. The number of fused-ring (bicyclic) bond motifs is 3. The van der Waals surface area contributed by atoms with Crippen LogP contribution in [0.25, 0.3) is 0 Å². The number of halogens is 3. The molecule has 0 unspecified atom stereocenters. The predicted octanol–water partition coefficient (Wildman–Crippen LogP) is 5.33.